The van der Waals surface area contributed by atoms with Gasteiger partial charge in [0.05, 0.1) is 12.7 Å². The number of aliphatic imine (C=N–C) groups is 1. The molecule has 0 aliphatic carbocycles. The van der Waals surface area contributed by atoms with E-state index in [4.69, 9.17) is 14.5 Å². The van der Waals surface area contributed by atoms with E-state index in [0.717, 1.165) is 63.8 Å². The van der Waals surface area contributed by atoms with Gasteiger partial charge in [-0.15, -0.1) is 0 Å². The Labute approximate surface area is 179 Å². The summed E-state index contributed by atoms with van der Waals surface area (Å²) >= 11 is 0. The van der Waals surface area contributed by atoms with E-state index in [0.29, 0.717) is 13.2 Å². The predicted molar refractivity (Wildman–Crippen MR) is 117 cm³/mol. The summed E-state index contributed by atoms with van der Waals surface area (Å²) in [5.41, 5.74) is 1.34. The fourth-order valence-corrected chi connectivity index (χ4v) is 4.15. The molecule has 2 fully saturated rings. The third kappa shape index (κ3) is 5.40. The molecule has 0 spiro atoms. The van der Waals surface area contributed by atoms with E-state index in [-0.39, 0.29) is 12.2 Å². The number of nitrogens with one attached hydrogen (secondary N) is 1. The largest absolute Gasteiger partial charge is 0.375 e. The maximum absolute atomic E-state index is 6.00. The molecular formula is C23H33N5O2. The van der Waals surface area contributed by atoms with Crippen LogP contribution < -0.4 is 5.32 Å². The molecule has 2 atom stereocenters. The van der Waals surface area contributed by atoms with Crippen LogP contribution in [-0.2, 0) is 29.0 Å². The van der Waals surface area contributed by atoms with Crippen molar-refractivity contribution in [2.75, 3.05) is 32.8 Å². The number of hydrogen-bond donors (Lipinski definition) is 1. The summed E-state index contributed by atoms with van der Waals surface area (Å²) in [5.74, 6) is 1.92. The van der Waals surface area contributed by atoms with Gasteiger partial charge in [-0.1, -0.05) is 30.3 Å². The first kappa shape index (κ1) is 20.9. The summed E-state index contributed by atoms with van der Waals surface area (Å²) < 4.78 is 14.1. The van der Waals surface area contributed by atoms with Crippen molar-refractivity contribution in [1.82, 2.24) is 19.8 Å². The van der Waals surface area contributed by atoms with E-state index >= 15 is 0 Å². The molecule has 30 heavy (non-hydrogen) atoms. The molecule has 4 rings (SSSR count). The Hall–Kier alpha value is -2.38. The smallest absolute Gasteiger partial charge is 0.194 e. The van der Waals surface area contributed by atoms with Crippen molar-refractivity contribution in [2.45, 2.75) is 51.5 Å². The van der Waals surface area contributed by atoms with Crippen LogP contribution in [0.5, 0.6) is 0 Å². The van der Waals surface area contributed by atoms with Crippen molar-refractivity contribution in [2.24, 2.45) is 4.99 Å². The number of nitrogens with zero attached hydrogens (tertiary/aromatic N) is 4. The monoisotopic (exact) mass is 411 g/mol. The van der Waals surface area contributed by atoms with Crippen molar-refractivity contribution >= 4 is 5.96 Å². The Kier molecular flexibility index (Phi) is 7.37. The van der Waals surface area contributed by atoms with Crippen LogP contribution in [0.25, 0.3) is 0 Å². The Morgan fingerprint density at radius 3 is 2.87 bits per heavy atom. The zero-order valence-corrected chi connectivity index (χ0v) is 17.9. The van der Waals surface area contributed by atoms with Crippen molar-refractivity contribution in [3.63, 3.8) is 0 Å². The van der Waals surface area contributed by atoms with Crippen molar-refractivity contribution in [3.8, 4) is 0 Å². The Morgan fingerprint density at radius 1 is 1.20 bits per heavy atom. The van der Waals surface area contributed by atoms with Crippen LogP contribution in [0, 0.1) is 0 Å². The number of imidazole rings is 1. The van der Waals surface area contributed by atoms with Gasteiger partial charge >= 0.3 is 0 Å². The van der Waals surface area contributed by atoms with Crippen molar-refractivity contribution in [3.05, 3.63) is 54.1 Å². The first-order valence-corrected chi connectivity index (χ1v) is 11.1. The maximum atomic E-state index is 6.00. The molecule has 7 heteroatoms. The maximum Gasteiger partial charge on any atom is 0.194 e. The van der Waals surface area contributed by atoms with Crippen molar-refractivity contribution < 1.29 is 9.47 Å². The zero-order chi connectivity index (χ0) is 20.6. The number of aryl methyl sites for hydroxylation is 2. The molecule has 0 amide bonds. The van der Waals surface area contributed by atoms with Crippen LogP contribution in [0.4, 0.5) is 0 Å². The minimum Gasteiger partial charge on any atom is -0.375 e. The van der Waals surface area contributed by atoms with E-state index in [2.05, 4.69) is 57.0 Å². The summed E-state index contributed by atoms with van der Waals surface area (Å²) in [7, 11) is 0. The molecule has 0 saturated carbocycles. The highest BCUT2D eigenvalue weighted by molar-refractivity contribution is 5.80. The first-order chi connectivity index (χ1) is 14.8. The van der Waals surface area contributed by atoms with Crippen LogP contribution in [0.15, 0.2) is 47.7 Å². The molecule has 0 radical (unpaired) electrons. The van der Waals surface area contributed by atoms with Gasteiger partial charge in [0.2, 0.25) is 0 Å². The second kappa shape index (κ2) is 10.6. The molecule has 1 N–H and O–H groups in total. The van der Waals surface area contributed by atoms with Gasteiger partial charge in [-0.2, -0.15) is 0 Å². The summed E-state index contributed by atoms with van der Waals surface area (Å²) in [6.45, 7) is 7.63. The molecule has 2 unspecified atom stereocenters. The predicted octanol–water partition coefficient (Wildman–Crippen LogP) is 2.47. The van der Waals surface area contributed by atoms with Gasteiger partial charge in [-0.05, 0) is 31.7 Å². The summed E-state index contributed by atoms with van der Waals surface area (Å²) in [4.78, 5) is 11.8. The number of morpholine rings is 1. The van der Waals surface area contributed by atoms with Crippen LogP contribution in [0.2, 0.25) is 0 Å². The molecular weight excluding hydrogens is 378 g/mol. The van der Waals surface area contributed by atoms with E-state index in [1.165, 1.54) is 5.56 Å². The second-order valence-electron chi connectivity index (χ2n) is 7.85. The first-order valence-electron chi connectivity index (χ1n) is 11.1. The molecule has 1 aromatic carbocycles. The Balaban J connectivity index is 1.38. The van der Waals surface area contributed by atoms with Gasteiger partial charge in [-0.3, -0.25) is 0 Å². The summed E-state index contributed by atoms with van der Waals surface area (Å²) in [6.07, 6.45) is 7.45. The minimum atomic E-state index is 0.123. The highest BCUT2D eigenvalue weighted by atomic mass is 16.5. The zero-order valence-electron chi connectivity index (χ0n) is 17.9. The SMILES string of the molecule is CCNC(=NCc1nccn1CCc1ccccc1)N1CCOC(C2CCCO2)C1. The average molecular weight is 412 g/mol. The fraction of sp³-hybridized carbons (Fsp3) is 0.565. The van der Waals surface area contributed by atoms with E-state index in [1.54, 1.807) is 0 Å². The van der Waals surface area contributed by atoms with E-state index < -0.39 is 0 Å². The molecule has 3 heterocycles. The lowest BCUT2D eigenvalue weighted by atomic mass is 10.1. The number of hydrogen-bond acceptors (Lipinski definition) is 4. The number of aromatic nitrogens is 2. The second-order valence-corrected chi connectivity index (χ2v) is 7.85. The fourth-order valence-electron chi connectivity index (χ4n) is 4.15. The molecule has 2 aromatic rings. The van der Waals surface area contributed by atoms with Gasteiger partial charge < -0.3 is 24.3 Å². The lowest BCUT2D eigenvalue weighted by Crippen LogP contribution is -2.53. The normalized spacial score (nSPS) is 22.4. The van der Waals surface area contributed by atoms with Gasteiger partial charge in [0.1, 0.15) is 18.5 Å². The van der Waals surface area contributed by atoms with E-state index in [9.17, 15) is 0 Å². The van der Waals surface area contributed by atoms with Gasteiger partial charge in [0.15, 0.2) is 5.96 Å². The molecule has 1 aromatic heterocycles. The molecule has 7 nitrogen and oxygen atoms in total. The van der Waals surface area contributed by atoms with Crippen molar-refractivity contribution in [1.29, 1.82) is 0 Å². The van der Waals surface area contributed by atoms with Crippen LogP contribution in [0.1, 0.15) is 31.2 Å². The van der Waals surface area contributed by atoms with Gasteiger partial charge in [0, 0.05) is 45.2 Å². The van der Waals surface area contributed by atoms with Crippen LogP contribution in [-0.4, -0.2) is 65.5 Å². The average Bonchev–Trinajstić information content (AvgIpc) is 3.48. The molecule has 2 aliphatic heterocycles. The van der Waals surface area contributed by atoms with Crippen LogP contribution >= 0.6 is 0 Å². The van der Waals surface area contributed by atoms with Crippen LogP contribution in [0.3, 0.4) is 0 Å². The minimum absolute atomic E-state index is 0.123. The lowest BCUT2D eigenvalue weighted by molar-refractivity contribution is -0.0817. The third-order valence-electron chi connectivity index (χ3n) is 5.76. The standard InChI is InChI=1S/C23H33N5O2/c1-2-24-23(28-14-16-30-21(18-28)20-9-6-15-29-20)26-17-22-25-11-13-27(22)12-10-19-7-4-3-5-8-19/h3-5,7-8,11,13,20-21H,2,6,9-10,12,14-18H2,1H3,(H,24,26). The highest BCUT2D eigenvalue weighted by Crippen LogP contribution is 2.21. The molecule has 2 aliphatic rings. The van der Waals surface area contributed by atoms with Gasteiger partial charge in [-0.25, -0.2) is 9.98 Å². The highest BCUT2D eigenvalue weighted by Gasteiger charge is 2.32. The summed E-state index contributed by atoms with van der Waals surface area (Å²) in [5, 5.41) is 3.45. The molecule has 0 bridgehead atoms. The number of benzene rings is 1. The lowest BCUT2D eigenvalue weighted by Gasteiger charge is -2.37. The Morgan fingerprint density at radius 2 is 2.07 bits per heavy atom. The molecule has 162 valence electrons. The molecule has 2 saturated heterocycles. The third-order valence-corrected chi connectivity index (χ3v) is 5.76. The Bertz CT molecular complexity index is 801. The summed E-state index contributed by atoms with van der Waals surface area (Å²) in [6, 6.07) is 10.6. The van der Waals surface area contributed by atoms with E-state index in [1.807, 2.05) is 12.4 Å². The topological polar surface area (TPSA) is 63.9 Å². The van der Waals surface area contributed by atoms with Gasteiger partial charge in [0.25, 0.3) is 0 Å². The quantitative estimate of drug-likeness (QED) is 0.560. The number of ether oxygens (including phenoxy) is 2. The number of guanidine groups is 1. The number of rotatable bonds is 7.